The standard InChI is InChI=1S/C19H16FNO/c1-14-12-21(13-14)19(22)17-9-7-15(8-10-17)5-6-16-3-2-4-18(20)11-16/h2-4,7-11,14H,12-13H2,1H3. The van der Waals surface area contributed by atoms with Gasteiger partial charge >= 0.3 is 0 Å². The summed E-state index contributed by atoms with van der Waals surface area (Å²) in [6, 6.07) is 13.4. The Kier molecular flexibility index (Phi) is 3.93. The van der Waals surface area contributed by atoms with Gasteiger partial charge in [0, 0.05) is 29.8 Å². The number of hydrogen-bond donors (Lipinski definition) is 0. The molecule has 3 rings (SSSR count). The van der Waals surface area contributed by atoms with E-state index in [9.17, 15) is 9.18 Å². The largest absolute Gasteiger partial charge is 0.338 e. The quantitative estimate of drug-likeness (QED) is 0.739. The van der Waals surface area contributed by atoms with Gasteiger partial charge in [0.15, 0.2) is 0 Å². The maximum atomic E-state index is 13.1. The van der Waals surface area contributed by atoms with Crippen molar-refractivity contribution in [2.75, 3.05) is 13.1 Å². The third kappa shape index (κ3) is 3.17. The highest BCUT2D eigenvalue weighted by Crippen LogP contribution is 2.18. The Balaban J connectivity index is 1.71. The molecule has 0 unspecified atom stereocenters. The summed E-state index contributed by atoms with van der Waals surface area (Å²) in [5.74, 6) is 6.27. The van der Waals surface area contributed by atoms with Gasteiger partial charge in [-0.05, 0) is 48.4 Å². The van der Waals surface area contributed by atoms with Gasteiger partial charge in [0.1, 0.15) is 5.82 Å². The highest BCUT2D eigenvalue weighted by atomic mass is 19.1. The van der Waals surface area contributed by atoms with E-state index < -0.39 is 0 Å². The summed E-state index contributed by atoms with van der Waals surface area (Å²) in [6.07, 6.45) is 0. The van der Waals surface area contributed by atoms with Gasteiger partial charge in [-0.25, -0.2) is 4.39 Å². The summed E-state index contributed by atoms with van der Waals surface area (Å²) < 4.78 is 13.1. The van der Waals surface area contributed by atoms with Crippen LogP contribution in [0.25, 0.3) is 0 Å². The van der Waals surface area contributed by atoms with Crippen LogP contribution in [0.3, 0.4) is 0 Å². The minimum absolute atomic E-state index is 0.0720. The first-order valence-electron chi connectivity index (χ1n) is 7.29. The summed E-state index contributed by atoms with van der Waals surface area (Å²) in [5, 5.41) is 0. The Bertz CT molecular complexity index is 749. The average molecular weight is 293 g/mol. The number of likely N-dealkylation sites (tertiary alicyclic amines) is 1. The molecule has 0 aromatic heterocycles. The second-order valence-electron chi connectivity index (χ2n) is 5.65. The summed E-state index contributed by atoms with van der Waals surface area (Å²) in [6.45, 7) is 3.80. The maximum absolute atomic E-state index is 13.1. The van der Waals surface area contributed by atoms with Gasteiger partial charge in [0.25, 0.3) is 5.91 Å². The van der Waals surface area contributed by atoms with Crippen molar-refractivity contribution in [1.82, 2.24) is 4.90 Å². The fourth-order valence-corrected chi connectivity index (χ4v) is 2.45. The molecule has 22 heavy (non-hydrogen) atoms. The van der Waals surface area contributed by atoms with E-state index in [1.54, 1.807) is 24.3 Å². The number of halogens is 1. The Morgan fingerprint density at radius 3 is 2.41 bits per heavy atom. The molecular formula is C19H16FNO. The number of nitrogens with zero attached hydrogens (tertiary/aromatic N) is 1. The van der Waals surface area contributed by atoms with E-state index in [0.717, 1.165) is 18.7 Å². The normalized spacial score (nSPS) is 14.0. The number of carbonyl (C=O) groups is 1. The molecular weight excluding hydrogens is 277 g/mol. The third-order valence-electron chi connectivity index (χ3n) is 3.66. The summed E-state index contributed by atoms with van der Waals surface area (Å²) in [7, 11) is 0. The van der Waals surface area contributed by atoms with Crippen LogP contribution in [0.2, 0.25) is 0 Å². The Morgan fingerprint density at radius 2 is 1.77 bits per heavy atom. The Morgan fingerprint density at radius 1 is 1.09 bits per heavy atom. The van der Waals surface area contributed by atoms with Crippen LogP contribution in [0.4, 0.5) is 4.39 Å². The number of rotatable bonds is 1. The lowest BCUT2D eigenvalue weighted by Gasteiger charge is -2.37. The monoisotopic (exact) mass is 293 g/mol. The second kappa shape index (κ2) is 6.03. The van der Waals surface area contributed by atoms with E-state index in [-0.39, 0.29) is 11.7 Å². The smallest absolute Gasteiger partial charge is 0.253 e. The number of hydrogen-bond acceptors (Lipinski definition) is 1. The molecule has 1 fully saturated rings. The number of carbonyl (C=O) groups excluding carboxylic acids is 1. The van der Waals surface area contributed by atoms with Crippen LogP contribution in [0.5, 0.6) is 0 Å². The molecule has 2 aromatic carbocycles. The molecule has 0 N–H and O–H groups in total. The first-order chi connectivity index (χ1) is 10.6. The zero-order valence-corrected chi connectivity index (χ0v) is 12.3. The molecule has 1 aliphatic rings. The fourth-order valence-electron chi connectivity index (χ4n) is 2.45. The minimum atomic E-state index is -0.295. The maximum Gasteiger partial charge on any atom is 0.253 e. The molecule has 0 aliphatic carbocycles. The van der Waals surface area contributed by atoms with Crippen LogP contribution < -0.4 is 0 Å². The summed E-state index contributed by atoms with van der Waals surface area (Å²) in [4.78, 5) is 14.0. The van der Waals surface area contributed by atoms with E-state index in [0.29, 0.717) is 17.0 Å². The van der Waals surface area contributed by atoms with Crippen molar-refractivity contribution in [2.45, 2.75) is 6.92 Å². The average Bonchev–Trinajstić information content (AvgIpc) is 2.50. The van der Waals surface area contributed by atoms with Crippen LogP contribution in [0.15, 0.2) is 48.5 Å². The van der Waals surface area contributed by atoms with Gasteiger partial charge < -0.3 is 4.90 Å². The van der Waals surface area contributed by atoms with Gasteiger partial charge in [-0.3, -0.25) is 4.79 Å². The molecule has 0 atom stereocenters. The van der Waals surface area contributed by atoms with Crippen LogP contribution in [-0.2, 0) is 0 Å². The van der Waals surface area contributed by atoms with Crippen molar-refractivity contribution in [2.24, 2.45) is 5.92 Å². The number of amides is 1. The van der Waals surface area contributed by atoms with Crippen molar-refractivity contribution in [3.05, 3.63) is 71.0 Å². The lowest BCUT2D eigenvalue weighted by atomic mass is 10.0. The molecule has 110 valence electrons. The van der Waals surface area contributed by atoms with Crippen molar-refractivity contribution in [1.29, 1.82) is 0 Å². The zero-order valence-electron chi connectivity index (χ0n) is 12.3. The predicted molar refractivity (Wildman–Crippen MR) is 83.9 cm³/mol. The Labute approximate surface area is 129 Å². The molecule has 0 radical (unpaired) electrons. The van der Waals surface area contributed by atoms with Crippen LogP contribution in [-0.4, -0.2) is 23.9 Å². The van der Waals surface area contributed by atoms with Crippen LogP contribution in [0.1, 0.15) is 28.4 Å². The Hall–Kier alpha value is -2.60. The summed E-state index contributed by atoms with van der Waals surface area (Å²) in [5.41, 5.74) is 2.12. The van der Waals surface area contributed by atoms with Gasteiger partial charge in [-0.2, -0.15) is 0 Å². The predicted octanol–water partition coefficient (Wildman–Crippen LogP) is 3.32. The van der Waals surface area contributed by atoms with Crippen LogP contribution >= 0.6 is 0 Å². The molecule has 2 aromatic rings. The van der Waals surface area contributed by atoms with Crippen molar-refractivity contribution < 1.29 is 9.18 Å². The lowest BCUT2D eigenvalue weighted by molar-refractivity contribution is 0.0530. The molecule has 1 aliphatic heterocycles. The first-order valence-corrected chi connectivity index (χ1v) is 7.29. The van der Waals surface area contributed by atoms with Gasteiger partial charge in [-0.1, -0.05) is 24.8 Å². The minimum Gasteiger partial charge on any atom is -0.338 e. The van der Waals surface area contributed by atoms with Gasteiger partial charge in [0.05, 0.1) is 0 Å². The second-order valence-corrected chi connectivity index (χ2v) is 5.65. The first kappa shape index (κ1) is 14.3. The van der Waals surface area contributed by atoms with E-state index in [1.165, 1.54) is 12.1 Å². The topological polar surface area (TPSA) is 20.3 Å². The highest BCUT2D eigenvalue weighted by molar-refractivity contribution is 5.94. The SMILES string of the molecule is CC1CN(C(=O)c2ccc(C#Cc3cccc(F)c3)cc2)C1. The molecule has 0 spiro atoms. The molecule has 3 heteroatoms. The number of benzene rings is 2. The lowest BCUT2D eigenvalue weighted by Crippen LogP contribution is -2.48. The van der Waals surface area contributed by atoms with E-state index in [1.807, 2.05) is 17.0 Å². The van der Waals surface area contributed by atoms with Crippen molar-refractivity contribution >= 4 is 5.91 Å². The van der Waals surface area contributed by atoms with E-state index >= 15 is 0 Å². The fraction of sp³-hybridized carbons (Fsp3) is 0.211. The van der Waals surface area contributed by atoms with E-state index in [2.05, 4.69) is 18.8 Å². The molecule has 2 nitrogen and oxygen atoms in total. The highest BCUT2D eigenvalue weighted by Gasteiger charge is 2.27. The zero-order chi connectivity index (χ0) is 15.5. The summed E-state index contributed by atoms with van der Waals surface area (Å²) >= 11 is 0. The molecule has 1 heterocycles. The van der Waals surface area contributed by atoms with Crippen molar-refractivity contribution in [3.63, 3.8) is 0 Å². The molecule has 1 amide bonds. The van der Waals surface area contributed by atoms with Gasteiger partial charge in [-0.15, -0.1) is 0 Å². The van der Waals surface area contributed by atoms with Crippen LogP contribution in [0, 0.1) is 23.6 Å². The third-order valence-corrected chi connectivity index (χ3v) is 3.66. The van der Waals surface area contributed by atoms with Crippen molar-refractivity contribution in [3.8, 4) is 11.8 Å². The molecule has 1 saturated heterocycles. The van der Waals surface area contributed by atoms with Gasteiger partial charge in [0.2, 0.25) is 0 Å². The molecule has 0 saturated carbocycles. The van der Waals surface area contributed by atoms with E-state index in [4.69, 9.17) is 0 Å². The molecule has 0 bridgehead atoms.